The molecule has 3 nitrogen and oxygen atoms in total. The molecule has 1 N–H and O–H groups in total. The second-order valence-electron chi connectivity index (χ2n) is 3.79. The largest absolute Gasteiger partial charge is 0.394 e. The van der Waals surface area contributed by atoms with Gasteiger partial charge in [0.15, 0.2) is 0 Å². The maximum atomic E-state index is 9.05. The molecule has 0 spiro atoms. The fraction of sp³-hybridized carbons (Fsp3) is 0.455. The zero-order chi connectivity index (χ0) is 11.7. The molecule has 1 aliphatic heterocycles. The first-order valence-corrected chi connectivity index (χ1v) is 5.85. The lowest BCUT2D eigenvalue weighted by Gasteiger charge is -2.22. The topological polar surface area (TPSA) is 32.7 Å². The highest BCUT2D eigenvalue weighted by molar-refractivity contribution is 6.42. The fourth-order valence-electron chi connectivity index (χ4n) is 1.84. The Morgan fingerprint density at radius 1 is 1.44 bits per heavy atom. The first-order valence-electron chi connectivity index (χ1n) is 5.10. The van der Waals surface area contributed by atoms with E-state index in [2.05, 4.69) is 0 Å². The third-order valence-electron chi connectivity index (χ3n) is 2.67. The molecule has 1 aromatic rings. The van der Waals surface area contributed by atoms with Gasteiger partial charge in [0.2, 0.25) is 0 Å². The predicted octanol–water partition coefficient (Wildman–Crippen LogP) is 2.54. The van der Waals surface area contributed by atoms with Gasteiger partial charge in [-0.3, -0.25) is 0 Å². The lowest BCUT2D eigenvalue weighted by atomic mass is 10.2. The summed E-state index contributed by atoms with van der Waals surface area (Å²) in [5.74, 6) is 0. The number of halogens is 2. The molecule has 0 aliphatic carbocycles. The Hall–Kier alpha value is -0.480. The van der Waals surface area contributed by atoms with E-state index in [4.69, 9.17) is 33.0 Å². The Kier molecular flexibility index (Phi) is 3.60. The number of hydrogen-bond donors (Lipinski definition) is 1. The lowest BCUT2D eigenvalue weighted by Crippen LogP contribution is -2.27. The second-order valence-corrected chi connectivity index (χ2v) is 4.61. The van der Waals surface area contributed by atoms with Crippen LogP contribution in [0.5, 0.6) is 0 Å². The number of benzene rings is 1. The number of aliphatic hydroxyl groups excluding tert-OH is 1. The van der Waals surface area contributed by atoms with Gasteiger partial charge in [-0.1, -0.05) is 23.2 Å². The summed E-state index contributed by atoms with van der Waals surface area (Å²) < 4.78 is 5.55. The molecule has 1 aromatic carbocycles. The number of hydrogen-bond acceptors (Lipinski definition) is 3. The SMILES string of the molecule is C[C@H]1O[C@H](CO)CN1c1ccc(Cl)c(Cl)c1. The number of rotatable bonds is 2. The standard InChI is InChI=1S/C11H13Cl2NO2/c1-7-14(5-9(6-15)16-7)8-2-3-10(12)11(13)4-8/h2-4,7,9,15H,5-6H2,1H3/t7-,9+/m1/s1. The van der Waals surface area contributed by atoms with Crippen molar-refractivity contribution in [2.45, 2.75) is 19.3 Å². The molecule has 1 saturated heterocycles. The zero-order valence-electron chi connectivity index (χ0n) is 8.86. The Balaban J connectivity index is 2.21. The van der Waals surface area contributed by atoms with Crippen molar-refractivity contribution < 1.29 is 9.84 Å². The second kappa shape index (κ2) is 4.80. The molecule has 0 aromatic heterocycles. The molecule has 1 aliphatic rings. The van der Waals surface area contributed by atoms with Gasteiger partial charge in [0.1, 0.15) is 12.3 Å². The summed E-state index contributed by atoms with van der Waals surface area (Å²) >= 11 is 11.8. The minimum Gasteiger partial charge on any atom is -0.394 e. The van der Waals surface area contributed by atoms with Crippen molar-refractivity contribution in [2.75, 3.05) is 18.1 Å². The van der Waals surface area contributed by atoms with Gasteiger partial charge in [0, 0.05) is 12.2 Å². The molecule has 0 bridgehead atoms. The number of aliphatic hydroxyl groups is 1. The average Bonchev–Trinajstić information content (AvgIpc) is 2.64. The molecule has 16 heavy (non-hydrogen) atoms. The Bertz CT molecular complexity index is 386. The summed E-state index contributed by atoms with van der Waals surface area (Å²) in [6, 6.07) is 5.47. The lowest BCUT2D eigenvalue weighted by molar-refractivity contribution is 0.0238. The number of nitrogens with zero attached hydrogens (tertiary/aromatic N) is 1. The summed E-state index contributed by atoms with van der Waals surface area (Å²) in [6.45, 7) is 2.63. The van der Waals surface area contributed by atoms with Crippen LogP contribution in [0.1, 0.15) is 6.92 Å². The van der Waals surface area contributed by atoms with Crippen molar-refractivity contribution in [1.29, 1.82) is 0 Å². The minimum atomic E-state index is -0.135. The van der Waals surface area contributed by atoms with Gasteiger partial charge in [-0.2, -0.15) is 0 Å². The summed E-state index contributed by atoms with van der Waals surface area (Å²) in [5.41, 5.74) is 0.956. The van der Waals surface area contributed by atoms with Crippen LogP contribution in [0.15, 0.2) is 18.2 Å². The van der Waals surface area contributed by atoms with E-state index >= 15 is 0 Å². The summed E-state index contributed by atoms with van der Waals surface area (Å²) in [4.78, 5) is 2.04. The van der Waals surface area contributed by atoms with Crippen LogP contribution in [0, 0.1) is 0 Å². The van der Waals surface area contributed by atoms with Crippen molar-refractivity contribution in [2.24, 2.45) is 0 Å². The Labute approximate surface area is 105 Å². The van der Waals surface area contributed by atoms with Crippen LogP contribution in [0.25, 0.3) is 0 Å². The van der Waals surface area contributed by atoms with Crippen molar-refractivity contribution in [1.82, 2.24) is 0 Å². The molecule has 0 unspecified atom stereocenters. The van der Waals surface area contributed by atoms with Crippen LogP contribution in [0.4, 0.5) is 5.69 Å². The monoisotopic (exact) mass is 261 g/mol. The van der Waals surface area contributed by atoms with E-state index in [-0.39, 0.29) is 18.9 Å². The molecule has 2 rings (SSSR count). The van der Waals surface area contributed by atoms with Gasteiger partial charge < -0.3 is 14.7 Å². The van der Waals surface area contributed by atoms with Gasteiger partial charge in [0.25, 0.3) is 0 Å². The van der Waals surface area contributed by atoms with Gasteiger partial charge in [-0.05, 0) is 25.1 Å². The first kappa shape index (κ1) is 12.0. The number of anilines is 1. The normalized spacial score (nSPS) is 25.1. The van der Waals surface area contributed by atoms with E-state index in [9.17, 15) is 0 Å². The molecule has 1 fully saturated rings. The smallest absolute Gasteiger partial charge is 0.127 e. The molecule has 0 radical (unpaired) electrons. The summed E-state index contributed by atoms with van der Waals surface area (Å²) in [6.07, 6.45) is -0.196. The van der Waals surface area contributed by atoms with Crippen molar-refractivity contribution >= 4 is 28.9 Å². The zero-order valence-corrected chi connectivity index (χ0v) is 10.4. The molecule has 2 atom stereocenters. The third kappa shape index (κ3) is 2.28. The van der Waals surface area contributed by atoms with Crippen LogP contribution in [-0.4, -0.2) is 30.6 Å². The van der Waals surface area contributed by atoms with Gasteiger partial charge in [-0.15, -0.1) is 0 Å². The maximum Gasteiger partial charge on any atom is 0.127 e. The van der Waals surface area contributed by atoms with Crippen LogP contribution < -0.4 is 4.90 Å². The highest BCUT2D eigenvalue weighted by Crippen LogP contribution is 2.30. The van der Waals surface area contributed by atoms with Crippen molar-refractivity contribution in [3.63, 3.8) is 0 Å². The molecular weight excluding hydrogens is 249 g/mol. The Morgan fingerprint density at radius 3 is 2.75 bits per heavy atom. The average molecular weight is 262 g/mol. The quantitative estimate of drug-likeness (QED) is 0.889. The van der Waals surface area contributed by atoms with Gasteiger partial charge in [0.05, 0.1) is 16.7 Å². The Morgan fingerprint density at radius 2 is 2.19 bits per heavy atom. The maximum absolute atomic E-state index is 9.05. The molecule has 1 heterocycles. The van der Waals surface area contributed by atoms with Crippen LogP contribution >= 0.6 is 23.2 Å². The van der Waals surface area contributed by atoms with Gasteiger partial charge >= 0.3 is 0 Å². The summed E-state index contributed by atoms with van der Waals surface area (Å²) in [5, 5.41) is 10.1. The van der Waals surface area contributed by atoms with Crippen LogP contribution in [-0.2, 0) is 4.74 Å². The fourth-order valence-corrected chi connectivity index (χ4v) is 2.13. The highest BCUT2D eigenvalue weighted by Gasteiger charge is 2.29. The van der Waals surface area contributed by atoms with Crippen LogP contribution in [0.3, 0.4) is 0 Å². The number of ether oxygens (including phenoxy) is 1. The van der Waals surface area contributed by atoms with E-state index in [1.165, 1.54) is 0 Å². The molecule has 0 saturated carbocycles. The third-order valence-corrected chi connectivity index (χ3v) is 3.41. The molecule has 0 amide bonds. The molecular formula is C11H13Cl2NO2. The first-order chi connectivity index (χ1) is 7.61. The van der Waals surface area contributed by atoms with E-state index in [1.54, 1.807) is 6.07 Å². The highest BCUT2D eigenvalue weighted by atomic mass is 35.5. The van der Waals surface area contributed by atoms with E-state index < -0.39 is 0 Å². The molecule has 5 heteroatoms. The predicted molar refractivity (Wildman–Crippen MR) is 65.2 cm³/mol. The van der Waals surface area contributed by atoms with Crippen molar-refractivity contribution in [3.8, 4) is 0 Å². The van der Waals surface area contributed by atoms with Crippen LogP contribution in [0.2, 0.25) is 10.0 Å². The summed E-state index contributed by atoms with van der Waals surface area (Å²) in [7, 11) is 0. The molecule has 88 valence electrons. The van der Waals surface area contributed by atoms with E-state index in [0.717, 1.165) is 5.69 Å². The minimum absolute atomic E-state index is 0.0299. The van der Waals surface area contributed by atoms with Gasteiger partial charge in [-0.25, -0.2) is 0 Å². The van der Waals surface area contributed by atoms with E-state index in [0.29, 0.717) is 16.6 Å². The van der Waals surface area contributed by atoms with Crippen molar-refractivity contribution in [3.05, 3.63) is 28.2 Å². The van der Waals surface area contributed by atoms with E-state index in [1.807, 2.05) is 24.0 Å².